The van der Waals surface area contributed by atoms with Gasteiger partial charge in [0.05, 0.1) is 0 Å². The molecule has 8 heteroatoms. The number of halogens is 5. The average molecular weight is 509 g/mol. The Morgan fingerprint density at radius 2 is 1.72 bits per heavy atom. The Bertz CT molecular complexity index is 1150. The van der Waals surface area contributed by atoms with Gasteiger partial charge in [0.1, 0.15) is 5.60 Å². The number of rotatable bonds is 3. The van der Waals surface area contributed by atoms with Gasteiger partial charge in [0, 0.05) is 17.4 Å². The minimum atomic E-state index is -5.88. The van der Waals surface area contributed by atoms with Crippen molar-refractivity contribution in [2.45, 2.75) is 69.6 Å². The molecule has 0 saturated heterocycles. The molecule has 0 amide bonds. The summed E-state index contributed by atoms with van der Waals surface area (Å²) in [6.07, 6.45) is -0.253. The van der Waals surface area contributed by atoms with E-state index >= 15 is 0 Å². The molecular formula is C28H29F5O3. The highest BCUT2D eigenvalue weighted by atomic mass is 19.4. The highest BCUT2D eigenvalue weighted by Gasteiger charge is 2.79. The van der Waals surface area contributed by atoms with Crippen LogP contribution < -0.4 is 0 Å². The van der Waals surface area contributed by atoms with Crippen LogP contribution in [0.15, 0.2) is 48.1 Å². The minimum absolute atomic E-state index is 0.0208. The molecule has 194 valence electrons. The third-order valence-corrected chi connectivity index (χ3v) is 9.65. The summed E-state index contributed by atoms with van der Waals surface area (Å²) in [5, 5.41) is 11.3. The van der Waals surface area contributed by atoms with Crippen molar-refractivity contribution < 1.29 is 36.6 Å². The average Bonchev–Trinajstić information content (AvgIpc) is 3.09. The van der Waals surface area contributed by atoms with Gasteiger partial charge in [0.2, 0.25) is 0 Å². The van der Waals surface area contributed by atoms with Gasteiger partial charge < -0.3 is 5.11 Å². The molecule has 1 aromatic rings. The molecule has 0 spiro atoms. The van der Waals surface area contributed by atoms with Crippen LogP contribution in [0.3, 0.4) is 0 Å². The van der Waals surface area contributed by atoms with E-state index in [0.29, 0.717) is 18.4 Å². The molecule has 0 bridgehead atoms. The number of hydrogen-bond donors (Lipinski definition) is 1. The third kappa shape index (κ3) is 3.39. The van der Waals surface area contributed by atoms with E-state index < -0.39 is 41.4 Å². The quantitative estimate of drug-likeness (QED) is 0.378. The van der Waals surface area contributed by atoms with Gasteiger partial charge in [-0.1, -0.05) is 43.3 Å². The van der Waals surface area contributed by atoms with Crippen LogP contribution in [0.5, 0.6) is 0 Å². The van der Waals surface area contributed by atoms with Crippen molar-refractivity contribution in [2.75, 3.05) is 0 Å². The van der Waals surface area contributed by atoms with Crippen molar-refractivity contribution in [3.63, 3.8) is 0 Å². The maximum atomic E-state index is 15.0. The number of aliphatic hydroxyl groups is 1. The molecule has 7 atom stereocenters. The van der Waals surface area contributed by atoms with Crippen molar-refractivity contribution in [2.24, 2.45) is 29.1 Å². The Labute approximate surface area is 206 Å². The first-order chi connectivity index (χ1) is 16.7. The van der Waals surface area contributed by atoms with Crippen LogP contribution in [0, 0.1) is 29.1 Å². The summed E-state index contributed by atoms with van der Waals surface area (Å²) in [5.41, 5.74) is -2.85. The predicted molar refractivity (Wildman–Crippen MR) is 123 cm³/mol. The summed E-state index contributed by atoms with van der Waals surface area (Å²) in [7, 11) is 0. The lowest BCUT2D eigenvalue weighted by Crippen LogP contribution is -2.65. The van der Waals surface area contributed by atoms with Crippen LogP contribution in [0.25, 0.3) is 0 Å². The molecular weight excluding hydrogens is 479 g/mol. The fourth-order valence-corrected chi connectivity index (χ4v) is 7.85. The van der Waals surface area contributed by atoms with Crippen molar-refractivity contribution in [1.29, 1.82) is 0 Å². The van der Waals surface area contributed by atoms with E-state index in [4.69, 9.17) is 0 Å². The van der Waals surface area contributed by atoms with Crippen LogP contribution in [0.4, 0.5) is 22.0 Å². The molecule has 36 heavy (non-hydrogen) atoms. The SMILES string of the molecule is CC(=O)c1ccc(C2C[C@@]3(C)[C@@H](CC[C@@]3(O)C(F)(F)C(F)(F)F)[C@@H]3C=CC4=CC(=O)CC[C@@H]4C23)cc1. The summed E-state index contributed by atoms with van der Waals surface area (Å²) in [6, 6.07) is 6.78. The second-order valence-electron chi connectivity index (χ2n) is 11.3. The van der Waals surface area contributed by atoms with E-state index in [1.807, 2.05) is 12.2 Å². The maximum absolute atomic E-state index is 15.0. The highest BCUT2D eigenvalue weighted by molar-refractivity contribution is 5.94. The van der Waals surface area contributed by atoms with Crippen molar-refractivity contribution in [3.05, 3.63) is 59.2 Å². The van der Waals surface area contributed by atoms with Gasteiger partial charge >= 0.3 is 12.1 Å². The Kier molecular flexibility index (Phi) is 5.67. The number of ketones is 2. The van der Waals surface area contributed by atoms with E-state index in [-0.39, 0.29) is 42.2 Å². The molecule has 2 unspecified atom stereocenters. The van der Waals surface area contributed by atoms with Crippen LogP contribution in [0.2, 0.25) is 0 Å². The molecule has 1 N–H and O–H groups in total. The molecule has 4 aliphatic rings. The highest BCUT2D eigenvalue weighted by Crippen LogP contribution is 2.70. The molecule has 2 saturated carbocycles. The first kappa shape index (κ1) is 25.3. The summed E-state index contributed by atoms with van der Waals surface area (Å²) in [5.74, 6) is -6.85. The standard InChI is InChI=1S/C28H29F5O3/c1-15(34)16-3-5-17(6-4-16)22-14-25(2)23(11-12-26(25,36)27(29,30)28(31,32)33)21-9-7-18-13-19(35)8-10-20(18)24(21)22/h3-7,9,13,20-24,36H,8,10-12,14H2,1-2H3/t20-,21-,22?,23-,24?,25-,26-/m0/s1. The first-order valence-electron chi connectivity index (χ1n) is 12.4. The van der Waals surface area contributed by atoms with Gasteiger partial charge in [-0.3, -0.25) is 9.59 Å². The molecule has 0 radical (unpaired) electrons. The normalized spacial score (nSPS) is 38.2. The number of fused-ring (bicyclic) bond motifs is 5. The van der Waals surface area contributed by atoms with Crippen LogP contribution in [0.1, 0.15) is 67.8 Å². The number of Topliss-reactive ketones (excluding diaryl/α,β-unsaturated/α-hetero) is 1. The first-order valence-corrected chi connectivity index (χ1v) is 12.4. The van der Waals surface area contributed by atoms with Crippen molar-refractivity contribution in [1.82, 2.24) is 0 Å². The molecule has 1 aromatic carbocycles. The van der Waals surface area contributed by atoms with Gasteiger partial charge in [-0.25, -0.2) is 0 Å². The smallest absolute Gasteiger partial charge is 0.383 e. The number of carbonyl (C=O) groups excluding carboxylic acids is 2. The van der Waals surface area contributed by atoms with E-state index in [1.54, 1.807) is 30.3 Å². The fourth-order valence-electron chi connectivity index (χ4n) is 7.85. The minimum Gasteiger partial charge on any atom is -0.383 e. The summed E-state index contributed by atoms with van der Waals surface area (Å²) in [6.45, 7) is 2.82. The second-order valence-corrected chi connectivity index (χ2v) is 11.3. The van der Waals surface area contributed by atoms with Gasteiger partial charge in [-0.2, -0.15) is 22.0 Å². The lowest BCUT2D eigenvalue weighted by atomic mass is 9.47. The topological polar surface area (TPSA) is 54.4 Å². The third-order valence-electron chi connectivity index (χ3n) is 9.65. The largest absolute Gasteiger partial charge is 0.456 e. The van der Waals surface area contributed by atoms with Gasteiger partial charge in [-0.15, -0.1) is 0 Å². The molecule has 5 rings (SSSR count). The summed E-state index contributed by atoms with van der Waals surface area (Å²) < 4.78 is 70.7. The van der Waals surface area contributed by atoms with E-state index in [9.17, 15) is 36.6 Å². The zero-order valence-corrected chi connectivity index (χ0v) is 20.1. The van der Waals surface area contributed by atoms with E-state index in [0.717, 1.165) is 11.1 Å². The molecule has 3 nitrogen and oxygen atoms in total. The van der Waals surface area contributed by atoms with Crippen LogP contribution >= 0.6 is 0 Å². The number of benzene rings is 1. The Morgan fingerprint density at radius 1 is 1.06 bits per heavy atom. The summed E-state index contributed by atoms with van der Waals surface area (Å²) in [4.78, 5) is 23.9. The summed E-state index contributed by atoms with van der Waals surface area (Å²) >= 11 is 0. The van der Waals surface area contributed by atoms with Crippen molar-refractivity contribution >= 4 is 11.6 Å². The Morgan fingerprint density at radius 3 is 2.33 bits per heavy atom. The Balaban J connectivity index is 1.65. The number of carbonyl (C=O) groups is 2. The molecule has 4 aliphatic carbocycles. The van der Waals surface area contributed by atoms with Gasteiger partial charge in [-0.05, 0) is 79.4 Å². The van der Waals surface area contributed by atoms with Gasteiger partial charge in [0.15, 0.2) is 11.6 Å². The van der Waals surface area contributed by atoms with E-state index in [1.165, 1.54) is 13.8 Å². The number of allylic oxidation sites excluding steroid dienone is 4. The zero-order chi connectivity index (χ0) is 26.3. The zero-order valence-electron chi connectivity index (χ0n) is 20.1. The molecule has 0 aliphatic heterocycles. The molecule has 2 fully saturated rings. The van der Waals surface area contributed by atoms with Gasteiger partial charge in [0.25, 0.3) is 0 Å². The second kappa shape index (κ2) is 8.07. The fraction of sp³-hybridized carbons (Fsp3) is 0.571. The van der Waals surface area contributed by atoms with E-state index in [2.05, 4.69) is 0 Å². The van der Waals surface area contributed by atoms with Crippen LogP contribution in [-0.2, 0) is 4.79 Å². The lowest BCUT2D eigenvalue weighted by Gasteiger charge is -2.58. The maximum Gasteiger partial charge on any atom is 0.456 e. The number of hydrogen-bond acceptors (Lipinski definition) is 3. The van der Waals surface area contributed by atoms with Crippen molar-refractivity contribution in [3.8, 4) is 0 Å². The van der Waals surface area contributed by atoms with Crippen LogP contribution in [-0.4, -0.2) is 34.4 Å². The molecule has 0 aromatic heterocycles. The Hall–Kier alpha value is -2.35. The monoisotopic (exact) mass is 508 g/mol. The number of alkyl halides is 5. The lowest BCUT2D eigenvalue weighted by molar-refractivity contribution is -0.363. The molecule has 0 heterocycles. The predicted octanol–water partition coefficient (Wildman–Crippen LogP) is 6.43.